The summed E-state index contributed by atoms with van der Waals surface area (Å²) in [5, 5.41) is 6.62. The summed E-state index contributed by atoms with van der Waals surface area (Å²) >= 11 is 0. The molecule has 1 saturated heterocycles. The van der Waals surface area contributed by atoms with Gasteiger partial charge in [-0.1, -0.05) is 36.1 Å². The fraction of sp³-hybridized carbons (Fsp3) is 0.360. The molecule has 0 saturated carbocycles. The Labute approximate surface area is 174 Å². The molecule has 29 heavy (non-hydrogen) atoms. The summed E-state index contributed by atoms with van der Waals surface area (Å²) in [6.45, 7) is 4.46. The molecule has 0 spiro atoms. The molecule has 1 unspecified atom stereocenters. The van der Waals surface area contributed by atoms with Crippen molar-refractivity contribution in [2.45, 2.75) is 38.7 Å². The highest BCUT2D eigenvalue weighted by Gasteiger charge is 2.12. The first-order valence-electron chi connectivity index (χ1n) is 10.4. The van der Waals surface area contributed by atoms with Gasteiger partial charge < -0.3 is 21.1 Å². The Morgan fingerprint density at radius 3 is 2.83 bits per heavy atom. The second-order valence-corrected chi connectivity index (χ2v) is 7.38. The monoisotopic (exact) mass is 389 g/mol. The van der Waals surface area contributed by atoms with Crippen LogP contribution < -0.4 is 16.4 Å². The van der Waals surface area contributed by atoms with Gasteiger partial charge in [0.15, 0.2) is 0 Å². The SMILES string of the molecule is Cc1cc(C#CCNc2ccccc2)ccc1/C(N)=C/NCCC1CCCCO1. The largest absolute Gasteiger partial charge is 0.397 e. The molecule has 1 heterocycles. The topological polar surface area (TPSA) is 59.3 Å². The number of ether oxygens (including phenoxy) is 1. The van der Waals surface area contributed by atoms with Crippen molar-refractivity contribution in [2.24, 2.45) is 5.73 Å². The predicted molar refractivity (Wildman–Crippen MR) is 121 cm³/mol. The van der Waals surface area contributed by atoms with Crippen LogP contribution in [0.2, 0.25) is 0 Å². The Hall–Kier alpha value is -2.90. The Balaban J connectivity index is 1.48. The van der Waals surface area contributed by atoms with Gasteiger partial charge in [0, 0.05) is 36.2 Å². The van der Waals surface area contributed by atoms with Gasteiger partial charge in [-0.25, -0.2) is 0 Å². The highest BCUT2D eigenvalue weighted by atomic mass is 16.5. The zero-order valence-electron chi connectivity index (χ0n) is 17.2. The summed E-state index contributed by atoms with van der Waals surface area (Å²) in [7, 11) is 0. The number of aryl methyl sites for hydroxylation is 1. The fourth-order valence-electron chi connectivity index (χ4n) is 3.45. The molecular formula is C25H31N3O. The van der Waals surface area contributed by atoms with Crippen molar-refractivity contribution in [1.82, 2.24) is 5.32 Å². The van der Waals surface area contributed by atoms with Crippen molar-refractivity contribution < 1.29 is 4.74 Å². The van der Waals surface area contributed by atoms with Crippen LogP contribution in [0.25, 0.3) is 5.70 Å². The van der Waals surface area contributed by atoms with E-state index in [0.29, 0.717) is 12.6 Å². The summed E-state index contributed by atoms with van der Waals surface area (Å²) < 4.78 is 5.76. The lowest BCUT2D eigenvalue weighted by Crippen LogP contribution is -2.23. The molecule has 1 atom stereocenters. The molecule has 0 radical (unpaired) electrons. The van der Waals surface area contributed by atoms with Gasteiger partial charge in [-0.15, -0.1) is 0 Å². The lowest BCUT2D eigenvalue weighted by Gasteiger charge is -2.22. The molecule has 1 fully saturated rings. The summed E-state index contributed by atoms with van der Waals surface area (Å²) in [5.74, 6) is 6.38. The molecule has 0 bridgehead atoms. The molecule has 1 aliphatic rings. The third-order valence-corrected chi connectivity index (χ3v) is 5.07. The normalized spacial score (nSPS) is 16.6. The Morgan fingerprint density at radius 2 is 2.07 bits per heavy atom. The summed E-state index contributed by atoms with van der Waals surface area (Å²) in [6.07, 6.45) is 6.96. The maximum Gasteiger partial charge on any atom is 0.0769 e. The van der Waals surface area contributed by atoms with E-state index in [0.717, 1.165) is 47.6 Å². The maximum absolute atomic E-state index is 6.27. The van der Waals surface area contributed by atoms with E-state index in [1.165, 1.54) is 19.3 Å². The van der Waals surface area contributed by atoms with Gasteiger partial charge in [0.25, 0.3) is 0 Å². The van der Waals surface area contributed by atoms with E-state index in [2.05, 4.69) is 35.5 Å². The minimum atomic E-state index is 0.391. The Kier molecular flexibility index (Phi) is 8.03. The number of benzene rings is 2. The molecule has 4 heteroatoms. The van der Waals surface area contributed by atoms with E-state index in [4.69, 9.17) is 10.5 Å². The molecule has 0 aromatic heterocycles. The molecule has 0 amide bonds. The zero-order valence-corrected chi connectivity index (χ0v) is 17.2. The molecule has 152 valence electrons. The van der Waals surface area contributed by atoms with E-state index < -0.39 is 0 Å². The van der Waals surface area contributed by atoms with Crippen LogP contribution in [-0.4, -0.2) is 25.8 Å². The average molecular weight is 390 g/mol. The highest BCUT2D eigenvalue weighted by molar-refractivity contribution is 5.66. The quantitative estimate of drug-likeness (QED) is 0.489. The zero-order chi connectivity index (χ0) is 20.3. The maximum atomic E-state index is 6.27. The van der Waals surface area contributed by atoms with Crippen molar-refractivity contribution in [3.8, 4) is 11.8 Å². The van der Waals surface area contributed by atoms with Gasteiger partial charge in [-0.2, -0.15) is 0 Å². The summed E-state index contributed by atoms with van der Waals surface area (Å²) in [5.41, 5.74) is 11.3. The number of nitrogens with one attached hydrogen (secondary N) is 2. The van der Waals surface area contributed by atoms with Crippen LogP contribution in [-0.2, 0) is 4.74 Å². The van der Waals surface area contributed by atoms with Crippen molar-refractivity contribution in [3.05, 3.63) is 71.4 Å². The molecule has 2 aromatic rings. The third kappa shape index (κ3) is 6.89. The first kappa shape index (κ1) is 20.8. The van der Waals surface area contributed by atoms with Crippen LogP contribution in [0.1, 0.15) is 42.4 Å². The van der Waals surface area contributed by atoms with Crippen LogP contribution >= 0.6 is 0 Å². The molecule has 1 aliphatic heterocycles. The summed E-state index contributed by atoms with van der Waals surface area (Å²) in [6, 6.07) is 16.2. The van der Waals surface area contributed by atoms with E-state index in [1.807, 2.05) is 48.7 Å². The van der Waals surface area contributed by atoms with E-state index in [-0.39, 0.29) is 0 Å². The van der Waals surface area contributed by atoms with Crippen LogP contribution in [0, 0.1) is 18.8 Å². The standard InChI is InChI=1S/C25H31N3O/c1-20-18-21(8-7-15-28-22-9-3-2-4-10-22)12-13-24(20)25(26)19-27-16-14-23-11-5-6-17-29-23/h2-4,9-10,12-13,18-19,23,27-28H,5-6,11,14-17,26H2,1H3/b25-19-. The number of anilines is 1. The van der Waals surface area contributed by atoms with Crippen LogP contribution in [0.5, 0.6) is 0 Å². The number of hydrogen-bond acceptors (Lipinski definition) is 4. The van der Waals surface area contributed by atoms with E-state index >= 15 is 0 Å². The second kappa shape index (κ2) is 11.2. The van der Waals surface area contributed by atoms with Crippen molar-refractivity contribution in [2.75, 3.05) is 25.0 Å². The molecule has 0 aliphatic carbocycles. The minimum Gasteiger partial charge on any atom is -0.397 e. The van der Waals surface area contributed by atoms with Crippen molar-refractivity contribution in [3.63, 3.8) is 0 Å². The van der Waals surface area contributed by atoms with Crippen molar-refractivity contribution in [1.29, 1.82) is 0 Å². The van der Waals surface area contributed by atoms with Crippen molar-refractivity contribution >= 4 is 11.4 Å². The smallest absolute Gasteiger partial charge is 0.0769 e. The van der Waals surface area contributed by atoms with Gasteiger partial charge in [0.05, 0.1) is 18.3 Å². The van der Waals surface area contributed by atoms with Gasteiger partial charge in [-0.05, 0) is 62.4 Å². The average Bonchev–Trinajstić information content (AvgIpc) is 2.76. The summed E-state index contributed by atoms with van der Waals surface area (Å²) in [4.78, 5) is 0. The van der Waals surface area contributed by atoms with E-state index in [1.54, 1.807) is 0 Å². The van der Waals surface area contributed by atoms with E-state index in [9.17, 15) is 0 Å². The molecule has 4 N–H and O–H groups in total. The fourth-order valence-corrected chi connectivity index (χ4v) is 3.45. The first-order valence-corrected chi connectivity index (χ1v) is 10.4. The minimum absolute atomic E-state index is 0.391. The lowest BCUT2D eigenvalue weighted by atomic mass is 10.0. The molecule has 4 nitrogen and oxygen atoms in total. The lowest BCUT2D eigenvalue weighted by molar-refractivity contribution is 0.0120. The number of para-hydroxylation sites is 1. The van der Waals surface area contributed by atoms with Gasteiger partial charge in [-0.3, -0.25) is 0 Å². The second-order valence-electron chi connectivity index (χ2n) is 7.38. The van der Waals surface area contributed by atoms with Crippen LogP contribution in [0.15, 0.2) is 54.7 Å². The molecular weight excluding hydrogens is 358 g/mol. The first-order chi connectivity index (χ1) is 14.2. The van der Waals surface area contributed by atoms with Gasteiger partial charge in [0.2, 0.25) is 0 Å². The van der Waals surface area contributed by atoms with Gasteiger partial charge in [0.1, 0.15) is 0 Å². The number of rotatable bonds is 7. The Bertz CT molecular complexity index is 859. The molecule has 3 rings (SSSR count). The number of hydrogen-bond donors (Lipinski definition) is 3. The Morgan fingerprint density at radius 1 is 1.21 bits per heavy atom. The highest BCUT2D eigenvalue weighted by Crippen LogP contribution is 2.17. The predicted octanol–water partition coefficient (Wildman–Crippen LogP) is 4.26. The van der Waals surface area contributed by atoms with Crippen LogP contribution in [0.4, 0.5) is 5.69 Å². The van der Waals surface area contributed by atoms with Gasteiger partial charge >= 0.3 is 0 Å². The molecule has 2 aromatic carbocycles. The number of nitrogens with two attached hydrogens (primary N) is 1. The third-order valence-electron chi connectivity index (χ3n) is 5.07. The van der Waals surface area contributed by atoms with Crippen LogP contribution in [0.3, 0.4) is 0 Å².